The molecule has 0 bridgehead atoms. The van der Waals surface area contributed by atoms with Crippen molar-refractivity contribution < 1.29 is 51.8 Å². The summed E-state index contributed by atoms with van der Waals surface area (Å²) in [6.45, 7) is 5.35. The minimum absolute atomic E-state index is 0.101. The van der Waals surface area contributed by atoms with Crippen molar-refractivity contribution in [2.75, 3.05) is 19.8 Å². The standard InChI is InChI=1S/C19H21FO4.C15H17FO.C6H10O4/c1-2-24-19(23)18(22)16-7-5-3-4-6-14(17(16)21)12-13-8-10-15(20)11-9-13;16-14-9-7-12(8-10-14)11-13-5-3-1-2-4-6-15(13)17;1-3-9-5(7)6(8)10-4-2/h8-12,16H,2-7H2,1H3;7-11H,1-6H2;3-4H2,1-2H3/b14-12+;13-11+;. The number of hydrogen-bond acceptors (Lipinski definition) is 9. The Labute approximate surface area is 298 Å². The summed E-state index contributed by atoms with van der Waals surface area (Å²) < 4.78 is 39.2. The van der Waals surface area contributed by atoms with Gasteiger partial charge in [0.1, 0.15) is 11.6 Å². The van der Waals surface area contributed by atoms with E-state index >= 15 is 0 Å². The van der Waals surface area contributed by atoms with Gasteiger partial charge in [0.05, 0.1) is 25.7 Å². The SMILES string of the molecule is CCOC(=O)C(=O)C1CCCCC/C(=C\c2ccc(F)cc2)C1=O.CCOC(=O)C(=O)OCC.O=C1CCCCCC/C1=C\c1ccc(F)cc1. The molecule has 2 aromatic rings. The molecular weight excluding hydrogens is 662 g/mol. The highest BCUT2D eigenvalue weighted by Crippen LogP contribution is 2.26. The lowest BCUT2D eigenvalue weighted by molar-refractivity contribution is -0.167. The molecule has 0 heterocycles. The van der Waals surface area contributed by atoms with Gasteiger partial charge in [0.15, 0.2) is 11.6 Å². The van der Waals surface area contributed by atoms with Crippen LogP contribution in [0, 0.1) is 17.6 Å². The molecule has 11 heteroatoms. The number of halogens is 2. The van der Waals surface area contributed by atoms with Crippen LogP contribution in [0.1, 0.15) is 103 Å². The first kappa shape index (κ1) is 42.4. The molecule has 2 saturated carbocycles. The molecule has 2 aliphatic carbocycles. The van der Waals surface area contributed by atoms with Gasteiger partial charge in [0, 0.05) is 6.42 Å². The molecule has 2 fully saturated rings. The Morgan fingerprint density at radius 2 is 1.00 bits per heavy atom. The fourth-order valence-corrected chi connectivity index (χ4v) is 5.36. The van der Waals surface area contributed by atoms with Gasteiger partial charge >= 0.3 is 17.9 Å². The summed E-state index contributed by atoms with van der Waals surface area (Å²) >= 11 is 0. The number of esters is 3. The summed E-state index contributed by atoms with van der Waals surface area (Å²) in [5, 5.41) is 0. The number of hydrogen-bond donors (Lipinski definition) is 0. The highest BCUT2D eigenvalue weighted by molar-refractivity contribution is 6.39. The Hall–Kier alpha value is -4.80. The van der Waals surface area contributed by atoms with Crippen LogP contribution < -0.4 is 0 Å². The van der Waals surface area contributed by atoms with E-state index in [1.807, 2.05) is 6.08 Å². The molecule has 0 radical (unpaired) electrons. The molecule has 0 N–H and O–H groups in total. The van der Waals surface area contributed by atoms with Gasteiger partial charge < -0.3 is 14.2 Å². The van der Waals surface area contributed by atoms with Gasteiger partial charge in [-0.25, -0.2) is 23.2 Å². The second kappa shape index (κ2) is 23.6. The zero-order valence-electron chi connectivity index (χ0n) is 29.7. The molecule has 0 aliphatic heterocycles. The number of ketones is 3. The predicted octanol–water partition coefficient (Wildman–Crippen LogP) is 7.74. The van der Waals surface area contributed by atoms with Crippen molar-refractivity contribution in [2.24, 2.45) is 5.92 Å². The van der Waals surface area contributed by atoms with Gasteiger partial charge in [-0.05, 0) is 118 Å². The maximum absolute atomic E-state index is 13.0. The number of Topliss-reactive ketones (excluding diaryl/α,β-unsaturated/α-hetero) is 3. The summed E-state index contributed by atoms with van der Waals surface area (Å²) in [4.78, 5) is 69.5. The maximum atomic E-state index is 13.0. The van der Waals surface area contributed by atoms with Crippen molar-refractivity contribution in [1.29, 1.82) is 0 Å². The van der Waals surface area contributed by atoms with Crippen LogP contribution in [0.3, 0.4) is 0 Å². The van der Waals surface area contributed by atoms with E-state index in [2.05, 4.69) is 9.47 Å². The van der Waals surface area contributed by atoms with Crippen LogP contribution in [-0.2, 0) is 43.0 Å². The van der Waals surface area contributed by atoms with Crippen molar-refractivity contribution in [2.45, 2.75) is 91.4 Å². The molecular formula is C40H48F2O9. The average molecular weight is 711 g/mol. The topological polar surface area (TPSA) is 130 Å². The second-order valence-corrected chi connectivity index (χ2v) is 11.8. The van der Waals surface area contributed by atoms with Crippen LogP contribution in [0.5, 0.6) is 0 Å². The van der Waals surface area contributed by atoms with Gasteiger partial charge in [-0.2, -0.15) is 0 Å². The van der Waals surface area contributed by atoms with E-state index in [9.17, 15) is 37.5 Å². The zero-order chi connectivity index (χ0) is 37.6. The molecule has 1 unspecified atom stereocenters. The predicted molar refractivity (Wildman–Crippen MR) is 188 cm³/mol. The minimum atomic E-state index is -0.976. The zero-order valence-corrected chi connectivity index (χ0v) is 29.7. The highest BCUT2D eigenvalue weighted by atomic mass is 19.1. The van der Waals surface area contributed by atoms with Crippen LogP contribution in [0.2, 0.25) is 0 Å². The van der Waals surface area contributed by atoms with Gasteiger partial charge in [0.25, 0.3) is 5.78 Å². The molecule has 2 aliphatic rings. The number of benzene rings is 2. The molecule has 2 aromatic carbocycles. The Morgan fingerprint density at radius 1 is 0.588 bits per heavy atom. The van der Waals surface area contributed by atoms with Gasteiger partial charge in [0.2, 0.25) is 0 Å². The third-order valence-corrected chi connectivity index (χ3v) is 7.96. The molecule has 51 heavy (non-hydrogen) atoms. The molecule has 276 valence electrons. The molecule has 0 amide bonds. The van der Waals surface area contributed by atoms with Crippen molar-refractivity contribution in [3.63, 3.8) is 0 Å². The van der Waals surface area contributed by atoms with Crippen LogP contribution in [-0.4, -0.2) is 55.1 Å². The van der Waals surface area contributed by atoms with Crippen LogP contribution in [0.15, 0.2) is 59.7 Å². The Kier molecular flexibility index (Phi) is 19.6. The molecule has 1 atom stereocenters. The number of carbonyl (C=O) groups is 6. The van der Waals surface area contributed by atoms with Crippen molar-refractivity contribution in [3.05, 3.63) is 82.4 Å². The fourth-order valence-electron chi connectivity index (χ4n) is 5.36. The van der Waals surface area contributed by atoms with E-state index < -0.39 is 29.6 Å². The monoisotopic (exact) mass is 710 g/mol. The second-order valence-electron chi connectivity index (χ2n) is 11.8. The molecule has 9 nitrogen and oxygen atoms in total. The quantitative estimate of drug-likeness (QED) is 0.0932. The van der Waals surface area contributed by atoms with E-state index in [-0.39, 0.29) is 43.0 Å². The van der Waals surface area contributed by atoms with Crippen molar-refractivity contribution in [1.82, 2.24) is 0 Å². The van der Waals surface area contributed by atoms with Gasteiger partial charge in [-0.1, -0.05) is 49.9 Å². The molecule has 0 saturated heterocycles. The summed E-state index contributed by atoms with van der Waals surface area (Å²) in [6.07, 6.45) is 12.9. The Morgan fingerprint density at radius 3 is 1.49 bits per heavy atom. The summed E-state index contributed by atoms with van der Waals surface area (Å²) in [6, 6.07) is 12.1. The molecule has 4 rings (SSSR count). The van der Waals surface area contributed by atoms with E-state index in [0.717, 1.165) is 56.1 Å². The summed E-state index contributed by atoms with van der Waals surface area (Å²) in [7, 11) is 0. The molecule has 0 spiro atoms. The van der Waals surface area contributed by atoms with Crippen LogP contribution in [0.25, 0.3) is 12.2 Å². The first-order chi connectivity index (χ1) is 24.5. The van der Waals surface area contributed by atoms with Crippen molar-refractivity contribution in [3.8, 4) is 0 Å². The number of allylic oxidation sites excluding steroid dienone is 2. The lowest BCUT2D eigenvalue weighted by Crippen LogP contribution is -2.33. The van der Waals surface area contributed by atoms with Crippen LogP contribution in [0.4, 0.5) is 8.78 Å². The summed E-state index contributed by atoms with van der Waals surface area (Å²) in [5.41, 5.74) is 3.01. The third kappa shape index (κ3) is 15.7. The number of rotatable bonds is 7. The fraction of sp³-hybridized carbons (Fsp3) is 0.450. The maximum Gasteiger partial charge on any atom is 0.417 e. The first-order valence-corrected chi connectivity index (χ1v) is 17.5. The third-order valence-electron chi connectivity index (χ3n) is 7.96. The largest absolute Gasteiger partial charge is 0.460 e. The highest BCUT2D eigenvalue weighted by Gasteiger charge is 2.34. The Balaban J connectivity index is 0.000000290. The average Bonchev–Trinajstić information content (AvgIpc) is 3.10. The van der Waals surface area contributed by atoms with Gasteiger partial charge in [-0.15, -0.1) is 0 Å². The van der Waals surface area contributed by atoms with Crippen molar-refractivity contribution >= 4 is 47.4 Å². The summed E-state index contributed by atoms with van der Waals surface area (Å²) in [5.74, 6) is -5.20. The normalized spacial score (nSPS) is 17.9. The van der Waals surface area contributed by atoms with E-state index in [1.54, 1.807) is 51.1 Å². The minimum Gasteiger partial charge on any atom is -0.460 e. The first-order valence-electron chi connectivity index (χ1n) is 17.5. The lowest BCUT2D eigenvalue weighted by Gasteiger charge is -2.19. The molecule has 0 aromatic heterocycles. The van der Waals surface area contributed by atoms with Crippen LogP contribution >= 0.6 is 0 Å². The number of carbonyl (C=O) groups excluding carboxylic acids is 6. The Bertz CT molecular complexity index is 1510. The van der Waals surface area contributed by atoms with E-state index in [1.165, 1.54) is 30.7 Å². The lowest BCUT2D eigenvalue weighted by atomic mass is 9.83. The smallest absolute Gasteiger partial charge is 0.417 e. The van der Waals surface area contributed by atoms with Gasteiger partial charge in [-0.3, -0.25) is 14.4 Å². The number of ether oxygens (including phenoxy) is 3. The van der Waals surface area contributed by atoms with E-state index in [0.29, 0.717) is 30.4 Å². The van der Waals surface area contributed by atoms with E-state index in [4.69, 9.17) is 4.74 Å².